The van der Waals surface area contributed by atoms with Crippen LogP contribution in [0.4, 0.5) is 13.2 Å². The number of nitrogens with zero attached hydrogens (tertiary/aromatic N) is 1. The standard InChI is InChI=1S/C18H23F3N2O3/c19-18(20,21)13-26-12-14-4-6-15(7-5-14)17(25)22-9-8-16(24)23-10-2-1-3-11-23/h4-7H,1-3,8-13H2,(H,22,25). The molecule has 0 unspecified atom stereocenters. The van der Waals surface area contributed by atoms with Crippen molar-refractivity contribution < 1.29 is 27.5 Å². The van der Waals surface area contributed by atoms with Gasteiger partial charge in [-0.15, -0.1) is 0 Å². The second-order valence-electron chi connectivity index (χ2n) is 6.25. The van der Waals surface area contributed by atoms with Crippen LogP contribution in [0.5, 0.6) is 0 Å². The molecule has 1 aliphatic rings. The van der Waals surface area contributed by atoms with Crippen molar-refractivity contribution in [3.8, 4) is 0 Å². The van der Waals surface area contributed by atoms with Gasteiger partial charge in [-0.05, 0) is 37.0 Å². The molecule has 1 aliphatic heterocycles. The highest BCUT2D eigenvalue weighted by atomic mass is 19.4. The van der Waals surface area contributed by atoms with Crippen LogP contribution in [0.1, 0.15) is 41.6 Å². The van der Waals surface area contributed by atoms with Crippen molar-refractivity contribution in [1.82, 2.24) is 10.2 Å². The SMILES string of the molecule is O=C(NCCC(=O)N1CCCCC1)c1ccc(COCC(F)(F)F)cc1. The Bertz CT molecular complexity index is 597. The third kappa shape index (κ3) is 7.03. The van der Waals surface area contributed by atoms with Crippen molar-refractivity contribution in [2.45, 2.75) is 38.5 Å². The molecule has 2 amide bonds. The smallest absolute Gasteiger partial charge is 0.367 e. The summed E-state index contributed by atoms with van der Waals surface area (Å²) in [5.41, 5.74) is 0.932. The van der Waals surface area contributed by atoms with E-state index < -0.39 is 12.8 Å². The molecule has 0 radical (unpaired) electrons. The van der Waals surface area contributed by atoms with Crippen LogP contribution in [-0.2, 0) is 16.1 Å². The summed E-state index contributed by atoms with van der Waals surface area (Å²) in [6, 6.07) is 6.14. The molecule has 1 fully saturated rings. The van der Waals surface area contributed by atoms with Crippen LogP contribution in [0.2, 0.25) is 0 Å². The molecule has 1 aromatic rings. The van der Waals surface area contributed by atoms with E-state index in [0.29, 0.717) is 11.1 Å². The van der Waals surface area contributed by atoms with Crippen LogP contribution in [0, 0.1) is 0 Å². The summed E-state index contributed by atoms with van der Waals surface area (Å²) >= 11 is 0. The summed E-state index contributed by atoms with van der Waals surface area (Å²) in [6.45, 7) is 0.339. The summed E-state index contributed by atoms with van der Waals surface area (Å²) in [5.74, 6) is -0.277. The monoisotopic (exact) mass is 372 g/mol. The van der Waals surface area contributed by atoms with Gasteiger partial charge in [0, 0.05) is 31.6 Å². The molecule has 0 aliphatic carbocycles. The average molecular weight is 372 g/mol. The zero-order valence-corrected chi connectivity index (χ0v) is 14.5. The third-order valence-corrected chi connectivity index (χ3v) is 4.08. The number of rotatable bonds is 7. The number of hydrogen-bond acceptors (Lipinski definition) is 3. The van der Waals surface area contributed by atoms with Gasteiger partial charge in [-0.1, -0.05) is 12.1 Å². The Labute approximate surface area is 150 Å². The number of piperidine rings is 1. The van der Waals surface area contributed by atoms with Gasteiger partial charge in [0.1, 0.15) is 6.61 Å². The number of halogens is 3. The first-order valence-electron chi connectivity index (χ1n) is 8.64. The van der Waals surface area contributed by atoms with Crippen molar-refractivity contribution in [3.05, 3.63) is 35.4 Å². The van der Waals surface area contributed by atoms with E-state index in [0.717, 1.165) is 32.4 Å². The lowest BCUT2D eigenvalue weighted by Crippen LogP contribution is -2.37. The van der Waals surface area contributed by atoms with Crippen molar-refractivity contribution in [2.24, 2.45) is 0 Å². The van der Waals surface area contributed by atoms with Gasteiger partial charge >= 0.3 is 6.18 Å². The van der Waals surface area contributed by atoms with Gasteiger partial charge in [0.05, 0.1) is 6.61 Å². The molecule has 2 rings (SSSR count). The molecule has 0 atom stereocenters. The summed E-state index contributed by atoms with van der Waals surface area (Å²) in [7, 11) is 0. The largest absolute Gasteiger partial charge is 0.411 e. The molecule has 0 saturated carbocycles. The van der Waals surface area contributed by atoms with Crippen molar-refractivity contribution in [3.63, 3.8) is 0 Å². The average Bonchev–Trinajstić information content (AvgIpc) is 2.62. The number of carbonyl (C=O) groups excluding carboxylic acids is 2. The number of hydrogen-bond donors (Lipinski definition) is 1. The molecule has 1 heterocycles. The van der Waals surface area contributed by atoms with Gasteiger partial charge in [0.15, 0.2) is 0 Å². The van der Waals surface area contributed by atoms with E-state index in [9.17, 15) is 22.8 Å². The molecule has 8 heteroatoms. The number of likely N-dealkylation sites (tertiary alicyclic amines) is 1. The van der Waals surface area contributed by atoms with Gasteiger partial charge in [0.25, 0.3) is 5.91 Å². The molecule has 1 N–H and O–H groups in total. The molecule has 0 bridgehead atoms. The third-order valence-electron chi connectivity index (χ3n) is 4.08. The first kappa shape index (κ1) is 20.2. The van der Waals surface area contributed by atoms with Crippen LogP contribution in [0.3, 0.4) is 0 Å². The number of carbonyl (C=O) groups is 2. The quantitative estimate of drug-likeness (QED) is 0.801. The topological polar surface area (TPSA) is 58.6 Å². The van der Waals surface area contributed by atoms with Crippen LogP contribution >= 0.6 is 0 Å². The first-order chi connectivity index (χ1) is 12.3. The second-order valence-corrected chi connectivity index (χ2v) is 6.25. The Morgan fingerprint density at radius 3 is 2.35 bits per heavy atom. The maximum absolute atomic E-state index is 12.0. The molecule has 144 valence electrons. The predicted molar refractivity (Wildman–Crippen MR) is 89.5 cm³/mol. The van der Waals surface area contributed by atoms with Crippen LogP contribution < -0.4 is 5.32 Å². The van der Waals surface area contributed by atoms with Crippen LogP contribution in [0.15, 0.2) is 24.3 Å². The fourth-order valence-corrected chi connectivity index (χ4v) is 2.72. The summed E-state index contributed by atoms with van der Waals surface area (Å²) in [4.78, 5) is 25.9. The predicted octanol–water partition coefficient (Wildman–Crippen LogP) is 2.90. The molecular formula is C18H23F3N2O3. The van der Waals surface area contributed by atoms with E-state index in [1.807, 2.05) is 4.90 Å². The Hall–Kier alpha value is -2.09. The molecule has 1 aromatic carbocycles. The normalized spacial score (nSPS) is 15.0. The minimum absolute atomic E-state index is 0.0437. The summed E-state index contributed by atoms with van der Waals surface area (Å²) in [5, 5.41) is 2.69. The Balaban J connectivity index is 1.71. The molecular weight excluding hydrogens is 349 g/mol. The van der Waals surface area contributed by atoms with Gasteiger partial charge in [-0.3, -0.25) is 9.59 Å². The highest BCUT2D eigenvalue weighted by molar-refractivity contribution is 5.94. The van der Waals surface area contributed by atoms with E-state index in [2.05, 4.69) is 10.1 Å². The van der Waals surface area contributed by atoms with Crippen molar-refractivity contribution >= 4 is 11.8 Å². The minimum Gasteiger partial charge on any atom is -0.367 e. The molecule has 0 spiro atoms. The molecule has 5 nitrogen and oxygen atoms in total. The number of amides is 2. The second kappa shape index (κ2) is 9.56. The summed E-state index contributed by atoms with van der Waals surface area (Å²) in [6.07, 6.45) is -0.896. The van der Waals surface area contributed by atoms with Crippen LogP contribution in [-0.4, -0.2) is 49.1 Å². The highest BCUT2D eigenvalue weighted by Crippen LogP contribution is 2.16. The van der Waals surface area contributed by atoms with Crippen molar-refractivity contribution in [1.29, 1.82) is 0 Å². The molecule has 26 heavy (non-hydrogen) atoms. The van der Waals surface area contributed by atoms with E-state index in [-0.39, 0.29) is 31.4 Å². The number of nitrogens with one attached hydrogen (secondary N) is 1. The fraction of sp³-hybridized carbons (Fsp3) is 0.556. The van der Waals surface area contributed by atoms with Gasteiger partial charge in [-0.2, -0.15) is 13.2 Å². The zero-order chi connectivity index (χ0) is 19.0. The van der Waals surface area contributed by atoms with E-state index >= 15 is 0 Å². The lowest BCUT2D eigenvalue weighted by molar-refractivity contribution is -0.176. The van der Waals surface area contributed by atoms with Gasteiger partial charge in [0.2, 0.25) is 5.91 Å². The lowest BCUT2D eigenvalue weighted by Gasteiger charge is -2.26. The van der Waals surface area contributed by atoms with E-state index in [1.165, 1.54) is 12.1 Å². The Morgan fingerprint density at radius 2 is 1.73 bits per heavy atom. The maximum Gasteiger partial charge on any atom is 0.411 e. The van der Waals surface area contributed by atoms with Gasteiger partial charge in [-0.25, -0.2) is 0 Å². The van der Waals surface area contributed by atoms with Crippen molar-refractivity contribution in [2.75, 3.05) is 26.2 Å². The molecule has 0 aromatic heterocycles. The minimum atomic E-state index is -4.36. The first-order valence-corrected chi connectivity index (χ1v) is 8.64. The van der Waals surface area contributed by atoms with E-state index in [4.69, 9.17) is 0 Å². The zero-order valence-electron chi connectivity index (χ0n) is 14.5. The maximum atomic E-state index is 12.0. The number of ether oxygens (including phenoxy) is 1. The van der Waals surface area contributed by atoms with E-state index in [1.54, 1.807) is 12.1 Å². The molecule has 1 saturated heterocycles. The Morgan fingerprint density at radius 1 is 1.08 bits per heavy atom. The highest BCUT2D eigenvalue weighted by Gasteiger charge is 2.27. The van der Waals surface area contributed by atoms with Gasteiger partial charge < -0.3 is 15.0 Å². The fourth-order valence-electron chi connectivity index (χ4n) is 2.72. The number of benzene rings is 1. The Kier molecular flexibility index (Phi) is 7.44. The number of alkyl halides is 3. The lowest BCUT2D eigenvalue weighted by atomic mass is 10.1. The summed E-state index contributed by atoms with van der Waals surface area (Å²) < 4.78 is 40.6. The van der Waals surface area contributed by atoms with Crippen LogP contribution in [0.25, 0.3) is 0 Å².